The van der Waals surface area contributed by atoms with Gasteiger partial charge in [-0.15, -0.1) is 0 Å². The van der Waals surface area contributed by atoms with Crippen molar-refractivity contribution >= 4 is 16.2 Å². The summed E-state index contributed by atoms with van der Waals surface area (Å²) >= 11 is 0. The van der Waals surface area contributed by atoms with E-state index in [-0.39, 0.29) is 35.1 Å². The molecule has 2 aromatic carbocycles. The van der Waals surface area contributed by atoms with Gasteiger partial charge in [0, 0.05) is 0 Å². The van der Waals surface area contributed by atoms with Gasteiger partial charge in [-0.3, -0.25) is 0 Å². The fraction of sp³-hybridized carbons (Fsp3) is 0.125. The monoisotopic (exact) mass is 342 g/mol. The molecule has 0 aromatic heterocycles. The van der Waals surface area contributed by atoms with Gasteiger partial charge in [0.1, 0.15) is 22.5 Å². The fourth-order valence-electron chi connectivity index (χ4n) is 1.81. The smallest absolute Gasteiger partial charge is 0.746 e. The second kappa shape index (κ2) is 8.63. The van der Waals surface area contributed by atoms with Gasteiger partial charge >= 0.3 is 29.6 Å². The Kier molecular flexibility index (Phi) is 7.47. The Morgan fingerprint density at radius 2 is 1.70 bits per heavy atom. The predicted molar refractivity (Wildman–Crippen MR) is 82.0 cm³/mol. The van der Waals surface area contributed by atoms with Gasteiger partial charge in [-0.1, -0.05) is 49.1 Å². The molecule has 7 heteroatoms. The van der Waals surface area contributed by atoms with Crippen LogP contribution >= 0.6 is 0 Å². The normalized spacial score (nSPS) is 12.1. The molecule has 0 fully saturated rings. The molecule has 1 N–H and O–H groups in total. The number of benzene rings is 2. The molecule has 0 saturated heterocycles. The van der Waals surface area contributed by atoms with Gasteiger partial charge in [-0.05, 0) is 28.8 Å². The van der Waals surface area contributed by atoms with Crippen molar-refractivity contribution in [3.05, 3.63) is 71.8 Å². The zero-order valence-corrected chi connectivity index (χ0v) is 15.5. The first kappa shape index (κ1) is 19.9. The number of hydrogen-bond donors (Lipinski definition) is 1. The Morgan fingerprint density at radius 3 is 2.17 bits per heavy atom. The summed E-state index contributed by atoms with van der Waals surface area (Å²) in [7, 11) is -4.77. The number of aliphatic hydroxyl groups excluding tert-OH is 1. The molecule has 116 valence electrons. The molecular weight excluding hydrogens is 327 g/mol. The molecule has 0 bridgehead atoms. The van der Waals surface area contributed by atoms with E-state index in [9.17, 15) is 18.1 Å². The SMILES string of the molecule is C=Cc1ccc(COc2ccc(C(O)S(=O)(=O)[O-])cc2)cc1.[Na+]. The summed E-state index contributed by atoms with van der Waals surface area (Å²) in [5.41, 5.74) is -0.0663. The van der Waals surface area contributed by atoms with E-state index < -0.39 is 15.6 Å². The molecule has 0 aliphatic heterocycles. The first-order valence-corrected chi connectivity index (χ1v) is 7.94. The summed E-state index contributed by atoms with van der Waals surface area (Å²) in [5, 5.41) is 9.36. The van der Waals surface area contributed by atoms with Crippen LogP contribution in [0.2, 0.25) is 0 Å². The maximum atomic E-state index is 10.7. The van der Waals surface area contributed by atoms with Crippen molar-refractivity contribution < 1.29 is 52.4 Å². The van der Waals surface area contributed by atoms with E-state index in [0.717, 1.165) is 11.1 Å². The van der Waals surface area contributed by atoms with E-state index in [1.54, 1.807) is 6.08 Å². The van der Waals surface area contributed by atoms with Gasteiger partial charge in [-0.25, -0.2) is 8.42 Å². The van der Waals surface area contributed by atoms with Crippen molar-refractivity contribution in [1.82, 2.24) is 0 Å². The van der Waals surface area contributed by atoms with Crippen LogP contribution in [0.25, 0.3) is 6.08 Å². The molecule has 5 nitrogen and oxygen atoms in total. The van der Waals surface area contributed by atoms with Gasteiger partial charge in [0.2, 0.25) is 0 Å². The van der Waals surface area contributed by atoms with Crippen LogP contribution in [-0.4, -0.2) is 18.1 Å². The van der Waals surface area contributed by atoms with Crippen molar-refractivity contribution in [3.8, 4) is 5.75 Å². The maximum absolute atomic E-state index is 10.7. The molecule has 2 aromatic rings. The zero-order valence-electron chi connectivity index (χ0n) is 12.7. The third kappa shape index (κ3) is 5.76. The molecule has 23 heavy (non-hydrogen) atoms. The quantitative estimate of drug-likeness (QED) is 0.562. The summed E-state index contributed by atoms with van der Waals surface area (Å²) in [6.45, 7) is 4.02. The van der Waals surface area contributed by atoms with Gasteiger partial charge in [0.15, 0.2) is 5.44 Å². The average molecular weight is 342 g/mol. The Labute approximate surface area is 157 Å². The number of ether oxygens (including phenoxy) is 1. The van der Waals surface area contributed by atoms with Crippen LogP contribution in [0.15, 0.2) is 55.1 Å². The number of aliphatic hydroxyl groups is 1. The standard InChI is InChI=1S/C16H16O5S.Na/c1-2-12-3-5-13(6-4-12)11-21-15-9-7-14(8-10-15)16(17)22(18,19)20;/h2-10,16-17H,1,11H2,(H,18,19,20);/q;+1/p-1. The number of rotatable bonds is 6. The first-order valence-electron chi connectivity index (χ1n) is 6.47. The van der Waals surface area contributed by atoms with Crippen LogP contribution in [0, 0.1) is 0 Å². The van der Waals surface area contributed by atoms with E-state index in [2.05, 4.69) is 6.58 Å². The van der Waals surface area contributed by atoms with Crippen LogP contribution in [-0.2, 0) is 16.7 Å². The summed E-state index contributed by atoms with van der Waals surface area (Å²) in [6, 6.07) is 13.4. The van der Waals surface area contributed by atoms with E-state index in [1.807, 2.05) is 24.3 Å². The number of hydrogen-bond acceptors (Lipinski definition) is 5. The van der Waals surface area contributed by atoms with E-state index >= 15 is 0 Å². The average Bonchev–Trinajstić information content (AvgIpc) is 2.52. The van der Waals surface area contributed by atoms with Crippen LogP contribution in [0.5, 0.6) is 5.75 Å². The van der Waals surface area contributed by atoms with Gasteiger partial charge in [0.05, 0.1) is 0 Å². The molecule has 0 aliphatic rings. The molecule has 0 amide bonds. The molecule has 0 aliphatic carbocycles. The minimum Gasteiger partial charge on any atom is -0.746 e. The van der Waals surface area contributed by atoms with Crippen LogP contribution in [0.1, 0.15) is 22.1 Å². The molecule has 2 rings (SSSR count). The van der Waals surface area contributed by atoms with E-state index in [1.165, 1.54) is 24.3 Å². The van der Waals surface area contributed by atoms with Crippen molar-refractivity contribution in [1.29, 1.82) is 0 Å². The third-order valence-corrected chi connectivity index (χ3v) is 3.88. The van der Waals surface area contributed by atoms with E-state index in [4.69, 9.17) is 4.74 Å². The first-order chi connectivity index (χ1) is 10.4. The Hall–Kier alpha value is -1.15. The maximum Gasteiger partial charge on any atom is 1.00 e. The Balaban J connectivity index is 0.00000264. The molecule has 1 unspecified atom stereocenters. The Bertz CT molecular complexity index is 739. The van der Waals surface area contributed by atoms with Crippen molar-refractivity contribution in [2.45, 2.75) is 12.0 Å². The van der Waals surface area contributed by atoms with Gasteiger partial charge in [-0.2, -0.15) is 0 Å². The second-order valence-corrected chi connectivity index (χ2v) is 6.08. The molecule has 0 saturated carbocycles. The largest absolute Gasteiger partial charge is 1.00 e. The summed E-state index contributed by atoms with van der Waals surface area (Å²) < 4.78 is 37.8. The van der Waals surface area contributed by atoms with Crippen molar-refractivity contribution in [2.24, 2.45) is 0 Å². The molecular formula is C16H15NaO5S. The van der Waals surface area contributed by atoms with Gasteiger partial charge < -0.3 is 14.4 Å². The fourth-order valence-corrected chi connectivity index (χ4v) is 2.30. The minimum atomic E-state index is -4.77. The second-order valence-electron chi connectivity index (χ2n) is 4.65. The summed E-state index contributed by atoms with van der Waals surface area (Å²) in [4.78, 5) is 0. The van der Waals surface area contributed by atoms with Crippen molar-refractivity contribution in [3.63, 3.8) is 0 Å². The zero-order chi connectivity index (χ0) is 16.2. The molecule has 1 atom stereocenters. The van der Waals surface area contributed by atoms with E-state index in [0.29, 0.717) is 12.4 Å². The third-order valence-electron chi connectivity index (χ3n) is 3.06. The minimum absolute atomic E-state index is 0. The predicted octanol–water partition coefficient (Wildman–Crippen LogP) is -0.551. The molecule has 0 heterocycles. The molecule has 0 radical (unpaired) electrons. The topological polar surface area (TPSA) is 86.7 Å². The molecule has 0 spiro atoms. The summed E-state index contributed by atoms with van der Waals surface area (Å²) in [6.07, 6.45) is 1.75. The van der Waals surface area contributed by atoms with Crippen LogP contribution < -0.4 is 34.3 Å². The van der Waals surface area contributed by atoms with Crippen molar-refractivity contribution in [2.75, 3.05) is 0 Å². The van der Waals surface area contributed by atoms with Crippen LogP contribution in [0.3, 0.4) is 0 Å². The van der Waals surface area contributed by atoms with Gasteiger partial charge in [0.25, 0.3) is 0 Å². The van der Waals surface area contributed by atoms with Crippen LogP contribution in [0.4, 0.5) is 0 Å². The summed E-state index contributed by atoms with van der Waals surface area (Å²) in [5.74, 6) is 0.507. The Morgan fingerprint density at radius 1 is 1.13 bits per heavy atom.